The largest absolute Gasteiger partial charge is 0.425 e. The lowest BCUT2D eigenvalue weighted by atomic mass is 10.1. The number of esters is 1. The molecule has 0 aliphatic rings. The lowest BCUT2D eigenvalue weighted by Gasteiger charge is -2.04. The number of ether oxygens (including phenoxy) is 1. The van der Waals surface area contributed by atoms with Gasteiger partial charge in [-0.05, 0) is 24.3 Å². The molecule has 1 aromatic carbocycles. The van der Waals surface area contributed by atoms with Crippen molar-refractivity contribution in [1.82, 2.24) is 0 Å². The van der Waals surface area contributed by atoms with Gasteiger partial charge in [0, 0.05) is 12.0 Å². The van der Waals surface area contributed by atoms with Gasteiger partial charge in [-0.15, -0.1) is 0 Å². The number of halogens is 2. The Balaban J connectivity index is 2.72. The van der Waals surface area contributed by atoms with Gasteiger partial charge in [-0.3, -0.25) is 4.79 Å². The molecule has 0 heterocycles. The van der Waals surface area contributed by atoms with Crippen molar-refractivity contribution in [2.45, 2.75) is 18.2 Å². The summed E-state index contributed by atoms with van der Waals surface area (Å²) in [6.07, 6.45) is 0.435. The Kier molecular flexibility index (Phi) is 4.77. The number of hydrogen-bond donors (Lipinski definition) is 0. The maximum Gasteiger partial charge on any atom is 0.344 e. The summed E-state index contributed by atoms with van der Waals surface area (Å²) in [4.78, 5) is 21.1. The fourth-order valence-electron chi connectivity index (χ4n) is 1.07. The number of ketones is 1. The third kappa shape index (κ3) is 3.51. The van der Waals surface area contributed by atoms with Crippen molar-refractivity contribution in [3.05, 3.63) is 29.8 Å². The van der Waals surface area contributed by atoms with Crippen LogP contribution in [0.4, 0.5) is 0 Å². The molecule has 1 aromatic rings. The van der Waals surface area contributed by atoms with Crippen LogP contribution in [0.2, 0.25) is 0 Å². The highest BCUT2D eigenvalue weighted by Crippen LogP contribution is 2.15. The van der Waals surface area contributed by atoms with Gasteiger partial charge in [0.1, 0.15) is 5.75 Å². The van der Waals surface area contributed by atoms with Crippen molar-refractivity contribution >= 4 is 35.0 Å². The fourth-order valence-corrected chi connectivity index (χ4v) is 1.16. The molecule has 5 heteroatoms. The van der Waals surface area contributed by atoms with E-state index >= 15 is 0 Å². The van der Waals surface area contributed by atoms with E-state index in [2.05, 4.69) is 0 Å². The first-order valence-corrected chi connectivity index (χ1v) is 5.55. The number of alkyl halides is 2. The van der Waals surface area contributed by atoms with Crippen LogP contribution in [0.15, 0.2) is 24.3 Å². The molecule has 0 saturated carbocycles. The summed E-state index contributed by atoms with van der Waals surface area (Å²) < 4.78 is 4.83. The van der Waals surface area contributed by atoms with Crippen LogP contribution in [0.3, 0.4) is 0 Å². The first-order valence-electron chi connectivity index (χ1n) is 4.67. The lowest BCUT2D eigenvalue weighted by Crippen LogP contribution is -2.15. The van der Waals surface area contributed by atoms with Crippen LogP contribution in [0.1, 0.15) is 23.7 Å². The third-order valence-electron chi connectivity index (χ3n) is 1.89. The first-order chi connectivity index (χ1) is 7.54. The van der Waals surface area contributed by atoms with E-state index in [9.17, 15) is 9.59 Å². The van der Waals surface area contributed by atoms with E-state index in [0.29, 0.717) is 17.7 Å². The van der Waals surface area contributed by atoms with Gasteiger partial charge >= 0.3 is 5.97 Å². The van der Waals surface area contributed by atoms with Gasteiger partial charge in [0.15, 0.2) is 5.78 Å². The summed E-state index contributed by atoms with van der Waals surface area (Å²) in [5.74, 6) is -0.396. The topological polar surface area (TPSA) is 43.4 Å². The Morgan fingerprint density at radius 1 is 1.25 bits per heavy atom. The van der Waals surface area contributed by atoms with Crippen molar-refractivity contribution in [2.75, 3.05) is 0 Å². The van der Waals surface area contributed by atoms with Crippen LogP contribution in [0, 0.1) is 0 Å². The average Bonchev–Trinajstić information content (AvgIpc) is 2.28. The fraction of sp³-hybridized carbons (Fsp3) is 0.273. The Bertz CT molecular complexity index is 385. The highest BCUT2D eigenvalue weighted by atomic mass is 35.5. The maximum atomic E-state index is 11.3. The van der Waals surface area contributed by atoms with Crippen LogP contribution in [-0.2, 0) is 4.79 Å². The maximum absolute atomic E-state index is 11.3. The van der Waals surface area contributed by atoms with Crippen LogP contribution < -0.4 is 4.74 Å². The second kappa shape index (κ2) is 5.87. The summed E-state index contributed by atoms with van der Waals surface area (Å²) in [7, 11) is 0. The van der Waals surface area contributed by atoms with Gasteiger partial charge in [0.2, 0.25) is 4.84 Å². The molecule has 0 unspecified atom stereocenters. The summed E-state index contributed by atoms with van der Waals surface area (Å²) in [5.41, 5.74) is 0.579. The van der Waals surface area contributed by atoms with Crippen molar-refractivity contribution in [3.63, 3.8) is 0 Å². The second-order valence-electron chi connectivity index (χ2n) is 3.02. The third-order valence-corrected chi connectivity index (χ3v) is 2.25. The molecule has 0 N–H and O–H groups in total. The van der Waals surface area contributed by atoms with E-state index in [4.69, 9.17) is 27.9 Å². The monoisotopic (exact) mass is 260 g/mol. The molecule has 1 rings (SSSR count). The molecule has 0 fully saturated rings. The summed E-state index contributed by atoms with van der Waals surface area (Å²) >= 11 is 10.6. The van der Waals surface area contributed by atoms with Crippen LogP contribution >= 0.6 is 23.2 Å². The van der Waals surface area contributed by atoms with Crippen molar-refractivity contribution in [1.29, 1.82) is 0 Å². The van der Waals surface area contributed by atoms with E-state index < -0.39 is 10.8 Å². The minimum absolute atomic E-state index is 0.0328. The molecule has 0 spiro atoms. The Labute approximate surface area is 103 Å². The zero-order chi connectivity index (χ0) is 12.1. The minimum Gasteiger partial charge on any atom is -0.425 e. The number of rotatable bonds is 4. The van der Waals surface area contributed by atoms with Gasteiger partial charge in [0.25, 0.3) is 0 Å². The molecule has 0 atom stereocenters. The number of hydrogen-bond acceptors (Lipinski definition) is 3. The molecular formula is C11H10Cl2O3. The van der Waals surface area contributed by atoms with Crippen LogP contribution in [-0.4, -0.2) is 16.6 Å². The zero-order valence-corrected chi connectivity index (χ0v) is 10.1. The molecule has 16 heavy (non-hydrogen) atoms. The summed E-state index contributed by atoms with van der Waals surface area (Å²) in [6.45, 7) is 1.78. The molecule has 0 saturated heterocycles. The standard InChI is InChI=1S/C11H10Cl2O3/c1-2-9(14)7-3-5-8(6-4-7)16-11(15)10(12)13/h3-6,10H,2H2,1H3. The second-order valence-corrected chi connectivity index (χ2v) is 4.12. The SMILES string of the molecule is CCC(=O)c1ccc(OC(=O)C(Cl)Cl)cc1. The Hall–Kier alpha value is -1.06. The van der Waals surface area contributed by atoms with Crippen molar-refractivity contribution in [2.24, 2.45) is 0 Å². The first kappa shape index (κ1) is 13.0. The average molecular weight is 261 g/mol. The predicted octanol–water partition coefficient (Wildman–Crippen LogP) is 2.99. The van der Waals surface area contributed by atoms with Gasteiger partial charge in [0.05, 0.1) is 0 Å². The molecule has 0 bridgehead atoms. The lowest BCUT2D eigenvalue weighted by molar-refractivity contribution is -0.132. The number of carbonyl (C=O) groups is 2. The van der Waals surface area contributed by atoms with Crippen LogP contribution in [0.5, 0.6) is 5.75 Å². The summed E-state index contributed by atoms with van der Waals surface area (Å²) in [6, 6.07) is 6.23. The molecule has 0 radical (unpaired) electrons. The number of carbonyl (C=O) groups excluding carboxylic acids is 2. The molecule has 3 nitrogen and oxygen atoms in total. The summed E-state index contributed by atoms with van der Waals surface area (Å²) in [5, 5.41) is 0. The number of Topliss-reactive ketones (excluding diaryl/α,β-unsaturated/α-hetero) is 1. The normalized spacial score (nSPS) is 10.2. The van der Waals surface area contributed by atoms with Gasteiger partial charge in [-0.1, -0.05) is 30.1 Å². The van der Waals surface area contributed by atoms with E-state index in [1.165, 1.54) is 12.1 Å². The molecule has 0 amide bonds. The van der Waals surface area contributed by atoms with E-state index in [0.717, 1.165) is 0 Å². The number of benzene rings is 1. The van der Waals surface area contributed by atoms with E-state index in [1.54, 1.807) is 19.1 Å². The van der Waals surface area contributed by atoms with Gasteiger partial charge in [-0.25, -0.2) is 4.79 Å². The quantitative estimate of drug-likeness (QED) is 0.362. The minimum atomic E-state index is -1.21. The van der Waals surface area contributed by atoms with Crippen molar-refractivity contribution in [3.8, 4) is 5.75 Å². The molecule has 0 aliphatic heterocycles. The molecule has 86 valence electrons. The molecule has 0 aliphatic carbocycles. The molecular weight excluding hydrogens is 251 g/mol. The Morgan fingerprint density at radius 3 is 2.25 bits per heavy atom. The van der Waals surface area contributed by atoms with Crippen LogP contribution in [0.25, 0.3) is 0 Å². The smallest absolute Gasteiger partial charge is 0.344 e. The zero-order valence-electron chi connectivity index (χ0n) is 8.57. The highest BCUT2D eigenvalue weighted by Gasteiger charge is 2.14. The predicted molar refractivity (Wildman–Crippen MR) is 62.2 cm³/mol. The Morgan fingerprint density at radius 2 is 1.81 bits per heavy atom. The van der Waals surface area contributed by atoms with Gasteiger partial charge in [-0.2, -0.15) is 0 Å². The highest BCUT2D eigenvalue weighted by molar-refractivity contribution is 6.53. The molecule has 0 aromatic heterocycles. The van der Waals surface area contributed by atoms with Gasteiger partial charge < -0.3 is 4.74 Å². The van der Waals surface area contributed by atoms with E-state index in [1.807, 2.05) is 0 Å². The van der Waals surface area contributed by atoms with Crippen molar-refractivity contribution < 1.29 is 14.3 Å². The van der Waals surface area contributed by atoms with E-state index in [-0.39, 0.29) is 5.78 Å².